The lowest BCUT2D eigenvalue weighted by molar-refractivity contribution is -0.136. The average molecular weight is 497 g/mol. The number of hydrogen-bond donors (Lipinski definition) is 2. The van der Waals surface area contributed by atoms with Gasteiger partial charge in [0.1, 0.15) is 12.4 Å². The lowest BCUT2D eigenvalue weighted by Crippen LogP contribution is -2.33. The molecule has 0 fully saturated rings. The SMILES string of the molecule is COc1cccc(F)c1OCCN1CCCc2c(CNc3ccc(CCC(=O)O)c(F)c3)cccc21. The van der Waals surface area contributed by atoms with Crippen LogP contribution in [0.15, 0.2) is 54.6 Å². The number of methoxy groups -OCH3 is 1. The van der Waals surface area contributed by atoms with Crippen molar-refractivity contribution in [3.8, 4) is 11.5 Å². The van der Waals surface area contributed by atoms with Crippen LogP contribution < -0.4 is 19.7 Å². The number of fused-ring (bicyclic) bond motifs is 1. The molecule has 0 spiro atoms. The van der Waals surface area contributed by atoms with Crippen LogP contribution in [0.3, 0.4) is 0 Å². The number of carboxylic acids is 1. The Morgan fingerprint density at radius 1 is 1.08 bits per heavy atom. The highest BCUT2D eigenvalue weighted by molar-refractivity contribution is 5.67. The molecule has 0 amide bonds. The van der Waals surface area contributed by atoms with Gasteiger partial charge in [0.25, 0.3) is 0 Å². The number of carbonyl (C=O) groups is 1. The predicted octanol–water partition coefficient (Wildman–Crippen LogP) is 5.43. The molecule has 0 saturated heterocycles. The van der Waals surface area contributed by atoms with Gasteiger partial charge in [-0.3, -0.25) is 4.79 Å². The van der Waals surface area contributed by atoms with Gasteiger partial charge in [0.05, 0.1) is 13.7 Å². The van der Waals surface area contributed by atoms with Crippen LogP contribution in [0, 0.1) is 11.6 Å². The van der Waals surface area contributed by atoms with Crippen molar-refractivity contribution in [1.82, 2.24) is 0 Å². The fraction of sp³-hybridized carbons (Fsp3) is 0.321. The number of rotatable bonds is 11. The van der Waals surface area contributed by atoms with Crippen LogP contribution in [-0.2, 0) is 24.2 Å². The van der Waals surface area contributed by atoms with Gasteiger partial charge in [0.15, 0.2) is 17.3 Å². The van der Waals surface area contributed by atoms with Gasteiger partial charge >= 0.3 is 5.97 Å². The first-order valence-corrected chi connectivity index (χ1v) is 12.0. The molecule has 1 aliphatic rings. The van der Waals surface area contributed by atoms with Crippen molar-refractivity contribution >= 4 is 17.3 Å². The minimum Gasteiger partial charge on any atom is -0.493 e. The van der Waals surface area contributed by atoms with Gasteiger partial charge in [0.2, 0.25) is 0 Å². The molecular weight excluding hydrogens is 466 g/mol. The molecular formula is C28H30F2N2O4. The number of nitrogens with zero attached hydrogens (tertiary/aromatic N) is 1. The maximum atomic E-state index is 14.4. The number of hydrogen-bond acceptors (Lipinski definition) is 5. The molecule has 1 heterocycles. The summed E-state index contributed by atoms with van der Waals surface area (Å²) in [6.45, 7) is 2.33. The van der Waals surface area contributed by atoms with Gasteiger partial charge < -0.3 is 24.8 Å². The Kier molecular flexibility index (Phi) is 8.25. The molecule has 190 valence electrons. The second-order valence-electron chi connectivity index (χ2n) is 8.68. The van der Waals surface area contributed by atoms with Gasteiger partial charge in [0, 0.05) is 30.9 Å². The second kappa shape index (κ2) is 11.7. The summed E-state index contributed by atoms with van der Waals surface area (Å²) in [5.74, 6) is -1.31. The molecule has 0 atom stereocenters. The van der Waals surface area contributed by atoms with Gasteiger partial charge in [-0.05, 0) is 66.3 Å². The van der Waals surface area contributed by atoms with E-state index in [1.807, 2.05) is 6.07 Å². The summed E-state index contributed by atoms with van der Waals surface area (Å²) in [5, 5.41) is 12.1. The summed E-state index contributed by atoms with van der Waals surface area (Å²) in [4.78, 5) is 13.0. The Bertz CT molecular complexity index is 1220. The third kappa shape index (κ3) is 6.05. The van der Waals surface area contributed by atoms with E-state index in [1.165, 1.54) is 24.8 Å². The molecule has 0 radical (unpaired) electrons. The average Bonchev–Trinajstić information content (AvgIpc) is 2.87. The van der Waals surface area contributed by atoms with Crippen molar-refractivity contribution in [2.75, 3.05) is 37.0 Å². The van der Waals surface area contributed by atoms with E-state index in [0.717, 1.165) is 30.6 Å². The fourth-order valence-corrected chi connectivity index (χ4v) is 4.52. The predicted molar refractivity (Wildman–Crippen MR) is 135 cm³/mol. The summed E-state index contributed by atoms with van der Waals surface area (Å²) in [7, 11) is 1.49. The first-order chi connectivity index (χ1) is 17.5. The third-order valence-electron chi connectivity index (χ3n) is 6.35. The molecule has 2 N–H and O–H groups in total. The maximum Gasteiger partial charge on any atom is 0.303 e. The van der Waals surface area contributed by atoms with Crippen molar-refractivity contribution in [2.45, 2.75) is 32.2 Å². The zero-order valence-electron chi connectivity index (χ0n) is 20.2. The van der Waals surface area contributed by atoms with Gasteiger partial charge in [-0.15, -0.1) is 0 Å². The highest BCUT2D eigenvalue weighted by atomic mass is 19.1. The second-order valence-corrected chi connectivity index (χ2v) is 8.68. The minimum atomic E-state index is -0.946. The van der Waals surface area contributed by atoms with Crippen molar-refractivity contribution in [1.29, 1.82) is 0 Å². The van der Waals surface area contributed by atoms with E-state index in [2.05, 4.69) is 22.3 Å². The Morgan fingerprint density at radius 3 is 2.69 bits per heavy atom. The summed E-state index contributed by atoms with van der Waals surface area (Å²) >= 11 is 0. The highest BCUT2D eigenvalue weighted by Gasteiger charge is 2.20. The zero-order valence-corrected chi connectivity index (χ0v) is 20.2. The van der Waals surface area contributed by atoms with E-state index in [9.17, 15) is 13.6 Å². The monoisotopic (exact) mass is 496 g/mol. The van der Waals surface area contributed by atoms with Gasteiger partial charge in [-0.1, -0.05) is 24.3 Å². The van der Waals surface area contributed by atoms with E-state index in [4.69, 9.17) is 14.6 Å². The number of aryl methyl sites for hydroxylation is 1. The largest absolute Gasteiger partial charge is 0.493 e. The molecule has 3 aromatic carbocycles. The Hall–Kier alpha value is -3.81. The van der Waals surface area contributed by atoms with Crippen LogP contribution in [0.5, 0.6) is 11.5 Å². The quantitative estimate of drug-likeness (QED) is 0.369. The first kappa shape index (κ1) is 25.3. The molecule has 36 heavy (non-hydrogen) atoms. The number of ether oxygens (including phenoxy) is 2. The molecule has 6 nitrogen and oxygen atoms in total. The van der Waals surface area contributed by atoms with Crippen LogP contribution in [-0.4, -0.2) is 37.9 Å². The summed E-state index contributed by atoms with van der Waals surface area (Å²) in [6, 6.07) is 15.6. The number of anilines is 2. The summed E-state index contributed by atoms with van der Waals surface area (Å²) in [5.41, 5.74) is 4.53. The van der Waals surface area contributed by atoms with E-state index in [0.29, 0.717) is 36.7 Å². The molecule has 3 aromatic rings. The lowest BCUT2D eigenvalue weighted by Gasteiger charge is -2.32. The number of benzene rings is 3. The number of nitrogens with one attached hydrogen (secondary N) is 1. The third-order valence-corrected chi connectivity index (χ3v) is 6.35. The van der Waals surface area contributed by atoms with Crippen LogP contribution in [0.1, 0.15) is 29.5 Å². The van der Waals surface area contributed by atoms with Crippen LogP contribution in [0.25, 0.3) is 0 Å². The molecule has 0 aliphatic carbocycles. The number of aliphatic carboxylic acids is 1. The number of para-hydroxylation sites is 1. The molecule has 0 bridgehead atoms. The number of halogens is 2. The topological polar surface area (TPSA) is 71.0 Å². The molecule has 1 aliphatic heterocycles. The minimum absolute atomic E-state index is 0.102. The standard InChI is InChI=1S/C28H30F2N2O4/c1-35-26-9-3-7-23(29)28(26)36-16-15-32-14-4-6-22-20(5-2-8-25(22)32)18-31-21-12-10-19(24(30)17-21)11-13-27(33)34/h2-3,5,7-10,12,17,31H,4,6,11,13-16,18H2,1H3,(H,33,34). The van der Waals surface area contributed by atoms with Crippen LogP contribution >= 0.6 is 0 Å². The smallest absolute Gasteiger partial charge is 0.303 e. The first-order valence-electron chi connectivity index (χ1n) is 12.0. The van der Waals surface area contributed by atoms with E-state index >= 15 is 0 Å². The molecule has 0 aromatic heterocycles. The zero-order chi connectivity index (χ0) is 25.5. The van der Waals surface area contributed by atoms with Gasteiger partial charge in [-0.25, -0.2) is 8.78 Å². The van der Waals surface area contributed by atoms with E-state index in [1.54, 1.807) is 24.3 Å². The highest BCUT2D eigenvalue weighted by Crippen LogP contribution is 2.32. The Morgan fingerprint density at radius 2 is 1.92 bits per heavy atom. The Labute approximate surface area is 209 Å². The normalized spacial score (nSPS) is 12.7. The fourth-order valence-electron chi connectivity index (χ4n) is 4.52. The molecule has 8 heteroatoms. The van der Waals surface area contributed by atoms with Crippen molar-refractivity contribution in [2.24, 2.45) is 0 Å². The van der Waals surface area contributed by atoms with Crippen molar-refractivity contribution in [3.63, 3.8) is 0 Å². The van der Waals surface area contributed by atoms with E-state index < -0.39 is 17.6 Å². The number of carboxylic acid groups (broad SMARTS) is 1. The maximum absolute atomic E-state index is 14.4. The Balaban J connectivity index is 1.39. The summed E-state index contributed by atoms with van der Waals surface area (Å²) in [6.07, 6.45) is 1.99. The molecule has 0 unspecified atom stereocenters. The van der Waals surface area contributed by atoms with Gasteiger partial charge in [-0.2, -0.15) is 0 Å². The van der Waals surface area contributed by atoms with Crippen molar-refractivity contribution in [3.05, 3.63) is 82.9 Å². The van der Waals surface area contributed by atoms with E-state index in [-0.39, 0.29) is 18.6 Å². The van der Waals surface area contributed by atoms with Crippen LogP contribution in [0.4, 0.5) is 20.2 Å². The molecule has 0 saturated carbocycles. The lowest BCUT2D eigenvalue weighted by atomic mass is 9.96. The summed E-state index contributed by atoms with van der Waals surface area (Å²) < 4.78 is 39.5. The van der Waals surface area contributed by atoms with Crippen molar-refractivity contribution < 1.29 is 28.2 Å². The molecule has 4 rings (SSSR count). The van der Waals surface area contributed by atoms with Crippen LogP contribution in [0.2, 0.25) is 0 Å².